The van der Waals surface area contributed by atoms with Crippen LogP contribution in [0.5, 0.6) is 5.75 Å². The van der Waals surface area contributed by atoms with Crippen LogP contribution in [0.2, 0.25) is 0 Å². The highest BCUT2D eigenvalue weighted by Crippen LogP contribution is 2.13. The van der Waals surface area contributed by atoms with Crippen molar-refractivity contribution < 1.29 is 14.6 Å². The van der Waals surface area contributed by atoms with Crippen LogP contribution in [-0.4, -0.2) is 22.9 Å². The number of thiazole rings is 1. The number of amides is 1. The lowest BCUT2D eigenvalue weighted by Crippen LogP contribution is -2.13. The van der Waals surface area contributed by atoms with E-state index in [1.807, 2.05) is 24.3 Å². The van der Waals surface area contributed by atoms with E-state index in [4.69, 9.17) is 9.84 Å². The van der Waals surface area contributed by atoms with Gasteiger partial charge >= 0.3 is 6.09 Å². The van der Waals surface area contributed by atoms with Gasteiger partial charge in [0, 0.05) is 17.3 Å². The van der Waals surface area contributed by atoms with Crippen molar-refractivity contribution in [1.82, 2.24) is 4.57 Å². The Kier molecular flexibility index (Phi) is 3.24. The molecule has 6 heteroatoms. The van der Waals surface area contributed by atoms with Crippen LogP contribution in [0.25, 0.3) is 5.69 Å². The predicted octanol–water partition coefficient (Wildman–Crippen LogP) is 2.13. The first kappa shape index (κ1) is 11.4. The molecular formula is C11H10N2O3S. The van der Waals surface area contributed by atoms with Crippen molar-refractivity contribution >= 4 is 17.4 Å². The normalized spacial score (nSPS) is 11.5. The molecule has 0 aliphatic heterocycles. The number of methoxy groups -OCH3 is 1. The summed E-state index contributed by atoms with van der Waals surface area (Å²) in [5.41, 5.74) is 0.840. The van der Waals surface area contributed by atoms with Gasteiger partial charge in [-0.05, 0) is 24.3 Å². The van der Waals surface area contributed by atoms with Gasteiger partial charge in [0.1, 0.15) is 5.75 Å². The monoisotopic (exact) mass is 250 g/mol. The number of rotatable bonds is 2. The van der Waals surface area contributed by atoms with Gasteiger partial charge in [0.15, 0.2) is 0 Å². The third kappa shape index (κ3) is 2.54. The minimum Gasteiger partial charge on any atom is -0.497 e. The van der Waals surface area contributed by atoms with Gasteiger partial charge in [-0.1, -0.05) is 0 Å². The number of nitrogens with zero attached hydrogens (tertiary/aromatic N) is 2. The summed E-state index contributed by atoms with van der Waals surface area (Å²) >= 11 is 1.27. The third-order valence-electron chi connectivity index (χ3n) is 2.13. The summed E-state index contributed by atoms with van der Waals surface area (Å²) in [6.07, 6.45) is 0.573. The first-order valence-electron chi connectivity index (χ1n) is 4.79. The molecule has 0 radical (unpaired) electrons. The SMILES string of the molecule is COc1ccc(-n2ccs/c2=N/C(=O)O)cc1. The van der Waals surface area contributed by atoms with Crippen LogP contribution in [0, 0.1) is 0 Å². The van der Waals surface area contributed by atoms with Crippen molar-refractivity contribution in [3.05, 3.63) is 40.6 Å². The molecule has 17 heavy (non-hydrogen) atoms. The highest BCUT2D eigenvalue weighted by molar-refractivity contribution is 7.07. The molecule has 88 valence electrons. The van der Waals surface area contributed by atoms with Crippen molar-refractivity contribution in [3.63, 3.8) is 0 Å². The molecule has 0 fully saturated rings. The Balaban J connectivity index is 2.46. The van der Waals surface area contributed by atoms with E-state index in [2.05, 4.69) is 4.99 Å². The average molecular weight is 250 g/mol. The number of benzene rings is 1. The molecule has 0 atom stereocenters. The first-order chi connectivity index (χ1) is 8.20. The fourth-order valence-electron chi connectivity index (χ4n) is 1.37. The van der Waals surface area contributed by atoms with Crippen molar-refractivity contribution in [2.24, 2.45) is 4.99 Å². The Morgan fingerprint density at radius 1 is 1.41 bits per heavy atom. The Hall–Kier alpha value is -2.08. The lowest BCUT2D eigenvalue weighted by atomic mass is 10.3. The second-order valence-corrected chi connectivity index (χ2v) is 4.02. The second kappa shape index (κ2) is 4.84. The lowest BCUT2D eigenvalue weighted by molar-refractivity contribution is 0.204. The Labute approximate surface area is 101 Å². The largest absolute Gasteiger partial charge is 0.497 e. The van der Waals surface area contributed by atoms with E-state index < -0.39 is 6.09 Å². The maximum absolute atomic E-state index is 10.6. The van der Waals surface area contributed by atoms with Gasteiger partial charge in [0.2, 0.25) is 4.80 Å². The summed E-state index contributed by atoms with van der Waals surface area (Å²) in [6, 6.07) is 7.30. The fourth-order valence-corrected chi connectivity index (χ4v) is 2.09. The molecule has 1 aromatic heterocycles. The summed E-state index contributed by atoms with van der Waals surface area (Å²) in [5, 5.41) is 10.4. The number of ether oxygens (including phenoxy) is 1. The van der Waals surface area contributed by atoms with Crippen molar-refractivity contribution in [3.8, 4) is 11.4 Å². The van der Waals surface area contributed by atoms with Crippen molar-refractivity contribution in [2.45, 2.75) is 0 Å². The minimum absolute atomic E-state index is 0.419. The fraction of sp³-hybridized carbons (Fsp3) is 0.0909. The first-order valence-corrected chi connectivity index (χ1v) is 5.67. The summed E-state index contributed by atoms with van der Waals surface area (Å²) < 4.78 is 6.76. The van der Waals surface area contributed by atoms with Gasteiger partial charge in [-0.3, -0.25) is 4.57 Å². The van der Waals surface area contributed by atoms with Gasteiger partial charge in [-0.2, -0.15) is 0 Å². The van der Waals surface area contributed by atoms with Gasteiger partial charge in [-0.25, -0.2) is 4.79 Å². The van der Waals surface area contributed by atoms with Gasteiger partial charge in [-0.15, -0.1) is 16.3 Å². The molecule has 2 aromatic rings. The number of hydrogen-bond donors (Lipinski definition) is 1. The Bertz CT molecular complexity index is 583. The standard InChI is InChI=1S/C11H10N2O3S/c1-16-9-4-2-8(3-5-9)13-6-7-17-10(13)12-11(14)15/h2-7H,1H3,(H,14,15)/b12-10+. The van der Waals surface area contributed by atoms with E-state index in [1.54, 1.807) is 23.3 Å². The molecule has 0 bridgehead atoms. The van der Waals surface area contributed by atoms with E-state index >= 15 is 0 Å². The number of hydrogen-bond acceptors (Lipinski definition) is 3. The van der Waals surface area contributed by atoms with E-state index in [0.717, 1.165) is 11.4 Å². The average Bonchev–Trinajstić information content (AvgIpc) is 2.76. The zero-order valence-electron chi connectivity index (χ0n) is 9.03. The second-order valence-electron chi connectivity index (χ2n) is 3.15. The highest BCUT2D eigenvalue weighted by Gasteiger charge is 2.01. The van der Waals surface area contributed by atoms with Crippen molar-refractivity contribution in [1.29, 1.82) is 0 Å². The highest BCUT2D eigenvalue weighted by atomic mass is 32.1. The quantitative estimate of drug-likeness (QED) is 0.888. The summed E-state index contributed by atoms with van der Waals surface area (Å²) in [5.74, 6) is 0.751. The van der Waals surface area contributed by atoms with Crippen LogP contribution in [0.3, 0.4) is 0 Å². The van der Waals surface area contributed by atoms with Gasteiger partial charge < -0.3 is 9.84 Å². The molecule has 1 heterocycles. The van der Waals surface area contributed by atoms with E-state index in [1.165, 1.54) is 11.3 Å². The van der Waals surface area contributed by atoms with E-state index in [9.17, 15) is 4.79 Å². The molecule has 0 aliphatic rings. The lowest BCUT2D eigenvalue weighted by Gasteiger charge is -2.04. The summed E-state index contributed by atoms with van der Waals surface area (Å²) in [6.45, 7) is 0. The van der Waals surface area contributed by atoms with Crippen LogP contribution in [0.1, 0.15) is 0 Å². The van der Waals surface area contributed by atoms with Crippen molar-refractivity contribution in [2.75, 3.05) is 7.11 Å². The van der Waals surface area contributed by atoms with E-state index in [-0.39, 0.29) is 0 Å². The van der Waals surface area contributed by atoms with Crippen LogP contribution in [0.15, 0.2) is 40.8 Å². The summed E-state index contributed by atoms with van der Waals surface area (Å²) in [7, 11) is 1.60. The third-order valence-corrected chi connectivity index (χ3v) is 2.89. The van der Waals surface area contributed by atoms with Crippen LogP contribution in [-0.2, 0) is 0 Å². The molecule has 1 N–H and O–H groups in total. The molecule has 0 aliphatic carbocycles. The number of aromatic nitrogens is 1. The van der Waals surface area contributed by atoms with Gasteiger partial charge in [0.25, 0.3) is 0 Å². The van der Waals surface area contributed by atoms with Crippen LogP contribution >= 0.6 is 11.3 Å². The number of carboxylic acid groups (broad SMARTS) is 1. The van der Waals surface area contributed by atoms with Crippen LogP contribution in [0.4, 0.5) is 4.79 Å². The molecule has 0 unspecified atom stereocenters. The topological polar surface area (TPSA) is 63.8 Å². The van der Waals surface area contributed by atoms with E-state index in [0.29, 0.717) is 4.80 Å². The Morgan fingerprint density at radius 2 is 2.12 bits per heavy atom. The molecule has 1 aromatic carbocycles. The zero-order valence-corrected chi connectivity index (χ0v) is 9.85. The smallest absolute Gasteiger partial charge is 0.433 e. The maximum atomic E-state index is 10.6. The maximum Gasteiger partial charge on any atom is 0.433 e. The molecule has 0 saturated carbocycles. The Morgan fingerprint density at radius 3 is 2.71 bits per heavy atom. The zero-order chi connectivity index (χ0) is 12.3. The number of carbonyl (C=O) groups is 1. The predicted molar refractivity (Wildman–Crippen MR) is 63.8 cm³/mol. The molecule has 0 saturated heterocycles. The molecule has 0 spiro atoms. The van der Waals surface area contributed by atoms with Gasteiger partial charge in [0.05, 0.1) is 7.11 Å². The summed E-state index contributed by atoms with van der Waals surface area (Å²) in [4.78, 5) is 14.5. The molecular weight excluding hydrogens is 240 g/mol. The molecule has 1 amide bonds. The molecule has 2 rings (SSSR count). The van der Waals surface area contributed by atoms with Crippen LogP contribution < -0.4 is 9.54 Å². The molecule has 5 nitrogen and oxygen atoms in total. The minimum atomic E-state index is -1.20.